The van der Waals surface area contributed by atoms with Gasteiger partial charge in [0.1, 0.15) is 24.0 Å². The van der Waals surface area contributed by atoms with Crippen LogP contribution in [0.3, 0.4) is 0 Å². The number of ketones is 1. The number of unbranched alkanes of at least 4 members (excludes halogenated alkanes) is 2. The van der Waals surface area contributed by atoms with E-state index in [9.17, 15) is 24.6 Å². The van der Waals surface area contributed by atoms with Crippen molar-refractivity contribution >= 4 is 59.7 Å². The molecule has 14 atom stereocenters. The molecule has 5 aliphatic rings. The summed E-state index contributed by atoms with van der Waals surface area (Å²) in [6.45, 7) is 20.8. The second-order valence-electron chi connectivity index (χ2n) is 23.1. The Labute approximate surface area is 429 Å². The largest absolute Gasteiger partial charge is 0.509 e. The first-order valence-corrected chi connectivity index (χ1v) is 30.8. The molecule has 2 aromatic carbocycles. The van der Waals surface area contributed by atoms with Gasteiger partial charge >= 0.3 is 18.1 Å². The molecular formula is C54H77NO13S2Si. The Morgan fingerprint density at radius 2 is 1.63 bits per heavy atom. The molecule has 2 aromatic rings. The number of ether oxygens (including phenoxy) is 5. The molecule has 3 aliphatic carbocycles. The van der Waals surface area contributed by atoms with Gasteiger partial charge in [-0.05, 0) is 73.9 Å². The van der Waals surface area contributed by atoms with Gasteiger partial charge in [-0.3, -0.25) is 14.4 Å². The minimum atomic E-state index is -2.95. The summed E-state index contributed by atoms with van der Waals surface area (Å²) < 4.78 is 38.1. The molecule has 14 nitrogen and oxygen atoms in total. The maximum atomic E-state index is 15.7. The van der Waals surface area contributed by atoms with Crippen molar-refractivity contribution in [3.05, 3.63) is 71.8 Å². The van der Waals surface area contributed by atoms with E-state index in [2.05, 4.69) is 26.1 Å². The van der Waals surface area contributed by atoms with Crippen LogP contribution < -0.4 is 5.32 Å². The number of Topliss-reactive ketones (excluding diaryl/α,β-unsaturated/α-hetero) is 1. The molecule has 2 aliphatic heterocycles. The molecule has 3 N–H and O–H groups in total. The third-order valence-electron chi connectivity index (χ3n) is 17.4. The molecular weight excluding hydrogens is 963 g/mol. The zero-order chi connectivity index (χ0) is 51.9. The van der Waals surface area contributed by atoms with Crippen molar-refractivity contribution in [1.29, 1.82) is 0 Å². The van der Waals surface area contributed by atoms with Crippen LogP contribution >= 0.6 is 21.6 Å². The highest BCUT2D eigenvalue weighted by atomic mass is 33.1. The van der Waals surface area contributed by atoms with Crippen LogP contribution in [0.1, 0.15) is 129 Å². The summed E-state index contributed by atoms with van der Waals surface area (Å²) in [5.41, 5.74) is -5.35. The zero-order valence-electron chi connectivity index (χ0n) is 43.4. The fraction of sp³-hybridized carbons (Fsp3) is 0.685. The van der Waals surface area contributed by atoms with Gasteiger partial charge in [0.05, 0.1) is 36.4 Å². The lowest BCUT2D eigenvalue weighted by Crippen LogP contribution is -2.83. The second-order valence-corrected chi connectivity index (χ2v) is 30.6. The second kappa shape index (κ2) is 21.4. The van der Waals surface area contributed by atoms with Gasteiger partial charge in [0, 0.05) is 53.6 Å². The van der Waals surface area contributed by atoms with E-state index in [1.165, 1.54) is 13.3 Å². The normalized spacial score (nSPS) is 34.2. The van der Waals surface area contributed by atoms with E-state index in [4.69, 9.17) is 28.1 Å². The van der Waals surface area contributed by atoms with Crippen molar-refractivity contribution in [1.82, 2.24) is 5.32 Å². The van der Waals surface area contributed by atoms with Crippen molar-refractivity contribution in [2.24, 2.45) is 34.5 Å². The first-order chi connectivity index (χ1) is 33.3. The Bertz CT molecular complexity index is 2240. The van der Waals surface area contributed by atoms with E-state index in [-0.39, 0.29) is 31.8 Å². The van der Waals surface area contributed by atoms with Crippen LogP contribution in [0, 0.1) is 34.5 Å². The molecule has 0 aromatic heterocycles. The minimum Gasteiger partial charge on any atom is -0.459 e. The standard InChI is InChI=1S/C54H77NO13S2Si/c1-32-38(65-48(60)43(66-49(61)63-27-20-14-19-25-37-26-28-69-70-37)42(35-21-15-12-16-22-35)55-47(59)36-23-17-13-18-24-36)30-54(62)46(68-71(10,11)50(4,5)6)44-52(9,45(58)33(2)41(32)51(54,7)8)39(57)29-40-53(44,31-64-40)67-34(3)56/h12-13,15-18,21-24,32-33,37-44,46,57,62H,14,19-20,25-31H2,1-11H3,(H,55,59)/t32?,33-,37?,38+,39+,40?,41?,42+,43-,44+,46+,52-,53+,54-/m1/s1. The van der Waals surface area contributed by atoms with Crippen LogP contribution in [0.5, 0.6) is 0 Å². The quantitative estimate of drug-likeness (QED) is 0.0473. The summed E-state index contributed by atoms with van der Waals surface area (Å²) >= 11 is 0. The zero-order valence-corrected chi connectivity index (χ0v) is 46.0. The molecule has 392 valence electrons. The van der Waals surface area contributed by atoms with Crippen molar-refractivity contribution in [3.63, 3.8) is 0 Å². The average molecular weight is 1040 g/mol. The SMILES string of the molecule is CC(=O)O[C@@]12COC1C[C@H](O)[C@@]1(C)C(=O)[C@H](C)C3C(C)[C@@H](OC(=O)[C@H](OC(=O)OCCCCCC4CCSS4)[C@@H](NC(=O)c4ccccc4)c4ccccc4)C[C@@](O)([C@@H](O[Si](C)(C)C(C)(C)C)[C@@H]12)C3(C)C. The molecule has 5 fully saturated rings. The number of esters is 2. The lowest BCUT2D eigenvalue weighted by Gasteiger charge is -2.70. The molecule has 4 unspecified atom stereocenters. The molecule has 71 heavy (non-hydrogen) atoms. The lowest BCUT2D eigenvalue weighted by molar-refractivity contribution is -0.353. The number of aliphatic hydroxyl groups excluding tert-OH is 1. The first kappa shape index (κ1) is 55.3. The number of amides is 1. The van der Waals surface area contributed by atoms with E-state index in [0.29, 0.717) is 22.8 Å². The molecule has 0 spiro atoms. The van der Waals surface area contributed by atoms with Crippen molar-refractivity contribution in [2.75, 3.05) is 19.0 Å². The summed E-state index contributed by atoms with van der Waals surface area (Å²) in [6.07, 6.45) is -2.81. The number of fused-ring (bicyclic) bond motifs is 5. The third kappa shape index (κ3) is 10.6. The van der Waals surface area contributed by atoms with Crippen molar-refractivity contribution < 1.29 is 62.3 Å². The predicted molar refractivity (Wildman–Crippen MR) is 275 cm³/mol. The summed E-state index contributed by atoms with van der Waals surface area (Å²) in [4.78, 5) is 71.9. The van der Waals surface area contributed by atoms with E-state index in [1.54, 1.807) is 74.5 Å². The molecule has 2 saturated heterocycles. The van der Waals surface area contributed by atoms with Crippen LogP contribution in [0.4, 0.5) is 4.79 Å². The van der Waals surface area contributed by atoms with Crippen LogP contribution in [-0.4, -0.2) is 114 Å². The Morgan fingerprint density at radius 1 is 0.972 bits per heavy atom. The van der Waals surface area contributed by atoms with Gasteiger partial charge < -0.3 is 43.6 Å². The van der Waals surface area contributed by atoms with Crippen LogP contribution in [0.25, 0.3) is 0 Å². The number of rotatable bonds is 16. The molecule has 17 heteroatoms. The van der Waals surface area contributed by atoms with Gasteiger partial charge in [-0.15, -0.1) is 0 Å². The van der Waals surface area contributed by atoms with Gasteiger partial charge in [0.2, 0.25) is 6.10 Å². The molecule has 7 rings (SSSR count). The highest BCUT2D eigenvalue weighted by molar-refractivity contribution is 8.77. The van der Waals surface area contributed by atoms with Crippen LogP contribution in [0.15, 0.2) is 60.7 Å². The Morgan fingerprint density at radius 3 is 2.23 bits per heavy atom. The van der Waals surface area contributed by atoms with Gasteiger partial charge in [0.25, 0.3) is 5.91 Å². The number of nitrogens with one attached hydrogen (secondary N) is 1. The van der Waals surface area contributed by atoms with Crippen molar-refractivity contribution in [2.45, 2.75) is 178 Å². The monoisotopic (exact) mass is 1040 g/mol. The number of benzene rings is 2. The van der Waals surface area contributed by atoms with Crippen LogP contribution in [-0.2, 0) is 42.5 Å². The minimum absolute atomic E-state index is 0.0278. The molecule has 2 heterocycles. The third-order valence-corrected chi connectivity index (χ3v) is 24.9. The molecule has 0 radical (unpaired) electrons. The van der Waals surface area contributed by atoms with E-state index in [1.807, 2.05) is 55.5 Å². The van der Waals surface area contributed by atoms with Gasteiger partial charge in [-0.2, -0.15) is 0 Å². The van der Waals surface area contributed by atoms with Gasteiger partial charge in [-0.25, -0.2) is 9.59 Å². The molecule has 1 amide bonds. The van der Waals surface area contributed by atoms with Gasteiger partial charge in [-0.1, -0.05) is 131 Å². The Kier molecular flexibility index (Phi) is 16.7. The van der Waals surface area contributed by atoms with E-state index < -0.39 is 120 Å². The van der Waals surface area contributed by atoms with Crippen molar-refractivity contribution in [3.8, 4) is 0 Å². The number of aliphatic hydroxyl groups is 2. The first-order valence-electron chi connectivity index (χ1n) is 25.5. The highest BCUT2D eigenvalue weighted by Crippen LogP contribution is 2.66. The van der Waals surface area contributed by atoms with Gasteiger partial charge in [0.15, 0.2) is 13.9 Å². The fourth-order valence-electron chi connectivity index (χ4n) is 12.4. The summed E-state index contributed by atoms with van der Waals surface area (Å²) in [5, 5.41) is 29.6. The number of hydrogen-bond donors (Lipinski definition) is 3. The smallest absolute Gasteiger partial charge is 0.459 e. The van der Waals surface area contributed by atoms with Crippen LogP contribution in [0.2, 0.25) is 18.1 Å². The highest BCUT2D eigenvalue weighted by Gasteiger charge is 2.78. The maximum Gasteiger partial charge on any atom is 0.509 e. The molecule has 3 saturated carbocycles. The number of hydrogen-bond acceptors (Lipinski definition) is 15. The number of carbonyl (C=O) groups is 5. The average Bonchev–Trinajstić information content (AvgIpc) is 3.83. The van der Waals surface area contributed by atoms with E-state index in [0.717, 1.165) is 25.0 Å². The van der Waals surface area contributed by atoms with E-state index >= 15 is 9.59 Å². The molecule has 2 bridgehead atoms. The summed E-state index contributed by atoms with van der Waals surface area (Å²) in [7, 11) is 0.878. The lowest BCUT2D eigenvalue weighted by atomic mass is 9.41. The fourth-order valence-corrected chi connectivity index (χ4v) is 16.8. The maximum absolute atomic E-state index is 15.7. The number of carbonyl (C=O) groups excluding carboxylic acids is 5. The topological polar surface area (TPSA) is 193 Å². The predicted octanol–water partition coefficient (Wildman–Crippen LogP) is 9.42. The summed E-state index contributed by atoms with van der Waals surface area (Å²) in [5.74, 6) is -4.50. The Balaban J connectivity index is 1.28. The summed E-state index contributed by atoms with van der Waals surface area (Å²) in [6, 6.07) is 15.9. The Hall–Kier alpha value is -3.45.